The fraction of sp³-hybridized carbons (Fsp3) is 0.350. The highest BCUT2D eigenvalue weighted by Crippen LogP contribution is 2.39. The standard InChI is InChI=1S/C20H23N3O2S2/c1-4-6-10-25-14-9-7-8-13(11-14)17-15-16(21)18(20(26)24-5-2)27-19(15)23-12(3)22-17/h7-9,11H,4-6,10,21H2,1-3H3. The van der Waals surface area contributed by atoms with E-state index in [1.165, 1.54) is 11.3 Å². The van der Waals surface area contributed by atoms with Gasteiger partial charge in [-0.05, 0) is 44.6 Å². The van der Waals surface area contributed by atoms with Crippen LogP contribution in [0.3, 0.4) is 0 Å². The van der Waals surface area contributed by atoms with Crippen LogP contribution >= 0.6 is 23.6 Å². The minimum absolute atomic E-state index is 0.401. The summed E-state index contributed by atoms with van der Waals surface area (Å²) in [5.74, 6) is 1.51. The van der Waals surface area contributed by atoms with E-state index in [1.54, 1.807) is 0 Å². The summed E-state index contributed by atoms with van der Waals surface area (Å²) in [6.45, 7) is 7.12. The van der Waals surface area contributed by atoms with Crippen molar-refractivity contribution in [2.24, 2.45) is 0 Å². The molecule has 0 spiro atoms. The third kappa shape index (κ3) is 4.20. The van der Waals surface area contributed by atoms with Crippen LogP contribution in [0.5, 0.6) is 5.75 Å². The molecule has 142 valence electrons. The summed E-state index contributed by atoms with van der Waals surface area (Å²) in [6.07, 6.45) is 2.12. The van der Waals surface area contributed by atoms with E-state index in [9.17, 15) is 0 Å². The molecule has 2 heterocycles. The summed E-state index contributed by atoms with van der Waals surface area (Å²) in [5, 5.41) is 1.21. The number of ether oxygens (including phenoxy) is 2. The summed E-state index contributed by atoms with van der Waals surface area (Å²) in [5.41, 5.74) is 8.73. The van der Waals surface area contributed by atoms with Crippen molar-refractivity contribution in [1.82, 2.24) is 9.97 Å². The van der Waals surface area contributed by atoms with Crippen molar-refractivity contribution >= 4 is 44.5 Å². The minimum atomic E-state index is 0.401. The number of aromatic nitrogens is 2. The van der Waals surface area contributed by atoms with Gasteiger partial charge >= 0.3 is 0 Å². The molecule has 0 unspecified atom stereocenters. The van der Waals surface area contributed by atoms with Gasteiger partial charge < -0.3 is 15.2 Å². The van der Waals surface area contributed by atoms with Crippen molar-refractivity contribution in [1.29, 1.82) is 0 Å². The highest BCUT2D eigenvalue weighted by Gasteiger charge is 2.20. The average molecular weight is 402 g/mol. The van der Waals surface area contributed by atoms with Gasteiger partial charge in [0.2, 0.25) is 5.05 Å². The molecule has 0 aliphatic rings. The molecule has 1 aromatic carbocycles. The second-order valence-corrected chi connectivity index (χ2v) is 7.46. The van der Waals surface area contributed by atoms with Crippen LogP contribution in [-0.4, -0.2) is 28.2 Å². The Hall–Kier alpha value is -2.25. The van der Waals surface area contributed by atoms with Gasteiger partial charge in [0, 0.05) is 5.56 Å². The molecule has 27 heavy (non-hydrogen) atoms. The van der Waals surface area contributed by atoms with E-state index in [2.05, 4.69) is 16.9 Å². The molecule has 5 nitrogen and oxygen atoms in total. The molecule has 0 aliphatic carbocycles. The fourth-order valence-corrected chi connectivity index (χ4v) is 4.14. The van der Waals surface area contributed by atoms with Crippen LogP contribution in [0.25, 0.3) is 21.5 Å². The molecular weight excluding hydrogens is 378 g/mol. The Balaban J connectivity index is 2.09. The highest BCUT2D eigenvalue weighted by atomic mass is 32.1. The summed E-state index contributed by atoms with van der Waals surface area (Å²) in [6, 6.07) is 7.92. The minimum Gasteiger partial charge on any atom is -0.494 e. The Kier molecular flexibility index (Phi) is 6.23. The summed E-state index contributed by atoms with van der Waals surface area (Å²) < 4.78 is 11.3. The molecule has 3 rings (SSSR count). The number of aryl methyl sites for hydroxylation is 1. The van der Waals surface area contributed by atoms with Crippen molar-refractivity contribution in [3.05, 3.63) is 35.0 Å². The Morgan fingerprint density at radius 1 is 1.26 bits per heavy atom. The lowest BCUT2D eigenvalue weighted by molar-refractivity contribution is 0.309. The van der Waals surface area contributed by atoms with Crippen LogP contribution < -0.4 is 10.5 Å². The Bertz CT molecular complexity index is 969. The second-order valence-electron chi connectivity index (χ2n) is 6.09. The van der Waals surface area contributed by atoms with E-state index in [4.69, 9.17) is 27.4 Å². The van der Waals surface area contributed by atoms with Gasteiger partial charge in [0.1, 0.15) is 21.3 Å². The number of rotatable bonds is 7. The molecule has 0 saturated carbocycles. The number of nitrogen functional groups attached to an aromatic ring is 1. The van der Waals surface area contributed by atoms with Crippen molar-refractivity contribution in [3.8, 4) is 17.0 Å². The number of benzene rings is 1. The quantitative estimate of drug-likeness (QED) is 0.437. The lowest BCUT2D eigenvalue weighted by atomic mass is 10.1. The summed E-state index contributed by atoms with van der Waals surface area (Å²) >= 11 is 6.80. The van der Waals surface area contributed by atoms with Crippen molar-refractivity contribution in [3.63, 3.8) is 0 Å². The molecule has 0 fully saturated rings. The molecule has 0 radical (unpaired) electrons. The first kappa shape index (κ1) is 19.5. The third-order valence-electron chi connectivity index (χ3n) is 4.04. The topological polar surface area (TPSA) is 70.3 Å². The molecule has 0 amide bonds. The number of nitrogens with two attached hydrogens (primary N) is 1. The first-order valence-electron chi connectivity index (χ1n) is 9.02. The maximum Gasteiger partial charge on any atom is 0.203 e. The largest absolute Gasteiger partial charge is 0.494 e. The monoisotopic (exact) mass is 401 g/mol. The predicted octanol–water partition coefficient (Wildman–Crippen LogP) is 5.14. The molecule has 2 aromatic heterocycles. The number of unbranched alkanes of at least 4 members (excludes halogenated alkanes) is 1. The highest BCUT2D eigenvalue weighted by molar-refractivity contribution is 7.81. The molecule has 0 aliphatic heterocycles. The number of hydrogen-bond donors (Lipinski definition) is 1. The average Bonchev–Trinajstić information content (AvgIpc) is 2.98. The van der Waals surface area contributed by atoms with Crippen LogP contribution in [-0.2, 0) is 4.74 Å². The Morgan fingerprint density at radius 2 is 2.07 bits per heavy atom. The number of nitrogens with zero attached hydrogens (tertiary/aromatic N) is 2. The van der Waals surface area contributed by atoms with Crippen LogP contribution in [0.2, 0.25) is 0 Å². The van der Waals surface area contributed by atoms with E-state index in [-0.39, 0.29) is 0 Å². The van der Waals surface area contributed by atoms with E-state index in [1.807, 2.05) is 38.1 Å². The Morgan fingerprint density at radius 3 is 2.81 bits per heavy atom. The van der Waals surface area contributed by atoms with Crippen LogP contribution in [0.4, 0.5) is 5.69 Å². The van der Waals surface area contributed by atoms with Crippen molar-refractivity contribution in [2.75, 3.05) is 18.9 Å². The van der Waals surface area contributed by atoms with Crippen molar-refractivity contribution < 1.29 is 9.47 Å². The van der Waals surface area contributed by atoms with Gasteiger partial charge in [-0.25, -0.2) is 9.97 Å². The zero-order valence-electron chi connectivity index (χ0n) is 15.7. The number of thiocarbonyl (C=S) groups is 1. The Labute approximate surface area is 168 Å². The van der Waals surface area contributed by atoms with Gasteiger partial charge in [-0.15, -0.1) is 11.3 Å². The number of fused-ring (bicyclic) bond motifs is 1. The molecule has 3 aromatic rings. The molecule has 0 saturated heterocycles. The van der Waals surface area contributed by atoms with Gasteiger partial charge in [0.25, 0.3) is 0 Å². The van der Waals surface area contributed by atoms with E-state index >= 15 is 0 Å². The predicted molar refractivity (Wildman–Crippen MR) is 116 cm³/mol. The first-order valence-corrected chi connectivity index (χ1v) is 10.2. The van der Waals surface area contributed by atoms with Gasteiger partial charge in [-0.1, -0.05) is 25.5 Å². The van der Waals surface area contributed by atoms with Gasteiger partial charge in [0.15, 0.2) is 0 Å². The maximum atomic E-state index is 6.43. The molecular formula is C20H23N3O2S2. The van der Waals surface area contributed by atoms with Gasteiger partial charge in [0.05, 0.1) is 30.0 Å². The van der Waals surface area contributed by atoms with E-state index in [0.29, 0.717) is 29.8 Å². The zero-order valence-corrected chi connectivity index (χ0v) is 17.4. The molecule has 0 bridgehead atoms. The molecule has 7 heteroatoms. The fourth-order valence-electron chi connectivity index (χ4n) is 2.75. The summed E-state index contributed by atoms with van der Waals surface area (Å²) in [7, 11) is 0. The zero-order chi connectivity index (χ0) is 19.4. The van der Waals surface area contributed by atoms with Crippen LogP contribution in [0.1, 0.15) is 37.4 Å². The lowest BCUT2D eigenvalue weighted by Gasteiger charge is -2.09. The maximum absolute atomic E-state index is 6.43. The number of hydrogen-bond acceptors (Lipinski definition) is 7. The SMILES string of the molecule is CCCCOc1cccc(-c2nc(C)nc3sc(C(=S)OCC)c(N)c23)c1. The van der Waals surface area contributed by atoms with E-state index in [0.717, 1.165) is 44.9 Å². The number of anilines is 1. The third-order valence-corrected chi connectivity index (χ3v) is 5.58. The normalized spacial score (nSPS) is 10.9. The van der Waals surface area contributed by atoms with Gasteiger partial charge in [-0.2, -0.15) is 0 Å². The molecule has 2 N–H and O–H groups in total. The van der Waals surface area contributed by atoms with E-state index < -0.39 is 0 Å². The lowest BCUT2D eigenvalue weighted by Crippen LogP contribution is -2.03. The first-order chi connectivity index (χ1) is 13.0. The number of thiophene rings is 1. The second kappa shape index (κ2) is 8.63. The van der Waals surface area contributed by atoms with Crippen LogP contribution in [0, 0.1) is 6.92 Å². The molecule has 0 atom stereocenters. The smallest absolute Gasteiger partial charge is 0.203 e. The van der Waals surface area contributed by atoms with Gasteiger partial charge in [-0.3, -0.25) is 0 Å². The summed E-state index contributed by atoms with van der Waals surface area (Å²) in [4.78, 5) is 10.8. The van der Waals surface area contributed by atoms with Crippen LogP contribution in [0.15, 0.2) is 24.3 Å². The van der Waals surface area contributed by atoms with Crippen molar-refractivity contribution in [2.45, 2.75) is 33.6 Å².